The van der Waals surface area contributed by atoms with Gasteiger partial charge in [0.05, 0.1) is 11.0 Å². The molecular weight excluding hydrogens is 363 g/mol. The number of para-hydroxylation sites is 1. The quantitative estimate of drug-likeness (QED) is 0.465. The number of aromatic nitrogens is 2. The van der Waals surface area contributed by atoms with E-state index in [0.717, 1.165) is 34.9 Å². The third-order valence-corrected chi connectivity index (χ3v) is 6.39. The van der Waals surface area contributed by atoms with E-state index in [1.54, 1.807) is 0 Å². The van der Waals surface area contributed by atoms with Crippen molar-refractivity contribution in [1.82, 2.24) is 9.55 Å². The van der Waals surface area contributed by atoms with Crippen molar-refractivity contribution in [2.75, 3.05) is 0 Å². The minimum absolute atomic E-state index is 0.630. The van der Waals surface area contributed by atoms with Crippen molar-refractivity contribution < 1.29 is 0 Å². The Morgan fingerprint density at radius 1 is 1.04 bits per heavy atom. The first kappa shape index (κ1) is 16.6. The number of imidazole rings is 1. The van der Waals surface area contributed by atoms with E-state index in [1.807, 2.05) is 18.2 Å². The van der Waals surface area contributed by atoms with Crippen molar-refractivity contribution in [2.45, 2.75) is 45.1 Å². The van der Waals surface area contributed by atoms with Gasteiger partial charge in [0, 0.05) is 33.6 Å². The third-order valence-electron chi connectivity index (χ3n) is 5.84. The highest BCUT2D eigenvalue weighted by atomic mass is 35.5. The lowest BCUT2D eigenvalue weighted by Crippen LogP contribution is -2.16. The summed E-state index contributed by atoms with van der Waals surface area (Å²) in [5, 5.41) is 1.34. The van der Waals surface area contributed by atoms with Gasteiger partial charge in [-0.05, 0) is 55.7 Å². The molecule has 1 heterocycles. The second-order valence-corrected chi connectivity index (χ2v) is 8.56. The van der Waals surface area contributed by atoms with Crippen molar-refractivity contribution >= 4 is 34.2 Å². The summed E-state index contributed by atoms with van der Waals surface area (Å²) >= 11 is 12.6. The van der Waals surface area contributed by atoms with Crippen molar-refractivity contribution in [3.05, 3.63) is 52.3 Å². The number of halogens is 2. The molecule has 0 bridgehead atoms. The van der Waals surface area contributed by atoms with E-state index in [0.29, 0.717) is 16.1 Å². The van der Waals surface area contributed by atoms with Gasteiger partial charge >= 0.3 is 0 Å². The van der Waals surface area contributed by atoms with Crippen LogP contribution in [0.3, 0.4) is 0 Å². The molecular formula is C22H22Cl2N2. The largest absolute Gasteiger partial charge is 0.324 e. The van der Waals surface area contributed by atoms with Gasteiger partial charge in [-0.25, -0.2) is 4.98 Å². The van der Waals surface area contributed by atoms with E-state index in [2.05, 4.69) is 29.7 Å². The van der Waals surface area contributed by atoms with Crippen LogP contribution in [0.1, 0.15) is 44.5 Å². The highest BCUT2D eigenvalue weighted by molar-refractivity contribution is 6.36. The fourth-order valence-corrected chi connectivity index (χ4v) is 4.86. The highest BCUT2D eigenvalue weighted by Crippen LogP contribution is 2.53. The predicted octanol–water partition coefficient (Wildman–Crippen LogP) is 6.93. The summed E-state index contributed by atoms with van der Waals surface area (Å²) in [6.45, 7) is 2.21. The van der Waals surface area contributed by atoms with Gasteiger partial charge in [-0.3, -0.25) is 0 Å². The monoisotopic (exact) mass is 384 g/mol. The summed E-state index contributed by atoms with van der Waals surface area (Å²) < 4.78 is 2.57. The summed E-state index contributed by atoms with van der Waals surface area (Å²) in [4.78, 5) is 5.08. The average Bonchev–Trinajstić information content (AvgIpc) is 3.54. The lowest BCUT2D eigenvalue weighted by molar-refractivity contribution is 0.393. The lowest BCUT2D eigenvalue weighted by atomic mass is 10.0. The first-order chi connectivity index (χ1) is 12.7. The molecule has 5 rings (SSSR count). The zero-order chi connectivity index (χ0) is 17.8. The Balaban J connectivity index is 1.72. The molecule has 0 atom stereocenters. The zero-order valence-electron chi connectivity index (χ0n) is 14.9. The molecule has 0 unspecified atom stereocenters. The van der Waals surface area contributed by atoms with E-state index in [4.69, 9.17) is 28.2 Å². The molecule has 26 heavy (non-hydrogen) atoms. The van der Waals surface area contributed by atoms with Crippen molar-refractivity contribution in [3.8, 4) is 11.1 Å². The van der Waals surface area contributed by atoms with Crippen molar-refractivity contribution in [3.63, 3.8) is 0 Å². The summed E-state index contributed by atoms with van der Waals surface area (Å²) in [6, 6.07) is 12.8. The van der Waals surface area contributed by atoms with Crippen molar-refractivity contribution in [2.24, 2.45) is 11.8 Å². The third kappa shape index (κ3) is 2.75. The Kier molecular flexibility index (Phi) is 4.02. The maximum absolute atomic E-state index is 6.51. The topological polar surface area (TPSA) is 17.8 Å². The van der Waals surface area contributed by atoms with Gasteiger partial charge in [-0.15, -0.1) is 0 Å². The van der Waals surface area contributed by atoms with Crippen LogP contribution in [-0.4, -0.2) is 9.55 Å². The number of aryl methyl sites for hydroxylation is 1. The van der Waals surface area contributed by atoms with Crippen LogP contribution >= 0.6 is 23.2 Å². The second-order valence-electron chi connectivity index (χ2n) is 7.71. The van der Waals surface area contributed by atoms with E-state index in [1.165, 1.54) is 37.0 Å². The van der Waals surface area contributed by atoms with Crippen LogP contribution in [0.25, 0.3) is 22.2 Å². The Hall–Kier alpha value is -1.51. The Labute approximate surface area is 164 Å². The number of benzene rings is 2. The first-order valence-corrected chi connectivity index (χ1v) is 10.4. The first-order valence-electron chi connectivity index (χ1n) is 9.62. The summed E-state index contributed by atoms with van der Waals surface area (Å²) in [7, 11) is 0. The predicted molar refractivity (Wildman–Crippen MR) is 109 cm³/mol. The molecule has 134 valence electrons. The van der Waals surface area contributed by atoms with Crippen molar-refractivity contribution in [1.29, 1.82) is 0 Å². The molecule has 2 saturated carbocycles. The lowest BCUT2D eigenvalue weighted by Gasteiger charge is -2.21. The molecule has 4 heteroatoms. The average molecular weight is 385 g/mol. The fraction of sp³-hybridized carbons (Fsp3) is 0.409. The van der Waals surface area contributed by atoms with E-state index < -0.39 is 0 Å². The number of nitrogens with zero attached hydrogens (tertiary/aromatic N) is 2. The SMILES string of the molecule is CCc1nc2c(-c3ccc(Cl)cc3Cl)cccc2n1C(C1CC1)C1CC1. The Bertz CT molecular complexity index is 971. The van der Waals surface area contributed by atoms with Gasteiger partial charge in [0.2, 0.25) is 0 Å². The van der Waals surface area contributed by atoms with Gasteiger partial charge in [0.15, 0.2) is 0 Å². The van der Waals surface area contributed by atoms with Gasteiger partial charge in [0.1, 0.15) is 5.82 Å². The van der Waals surface area contributed by atoms with Crippen LogP contribution in [-0.2, 0) is 6.42 Å². The molecule has 0 saturated heterocycles. The van der Waals surface area contributed by atoms with Crippen LogP contribution in [0.4, 0.5) is 0 Å². The number of hydrogen-bond acceptors (Lipinski definition) is 1. The summed E-state index contributed by atoms with van der Waals surface area (Å²) in [6.07, 6.45) is 6.43. The Morgan fingerprint density at radius 3 is 2.38 bits per heavy atom. The zero-order valence-corrected chi connectivity index (χ0v) is 16.4. The number of fused-ring (bicyclic) bond motifs is 1. The Morgan fingerprint density at radius 2 is 1.77 bits per heavy atom. The smallest absolute Gasteiger partial charge is 0.109 e. The molecule has 2 aromatic carbocycles. The van der Waals surface area contributed by atoms with Crippen LogP contribution < -0.4 is 0 Å². The van der Waals surface area contributed by atoms with Gasteiger partial charge in [0.25, 0.3) is 0 Å². The molecule has 1 aromatic heterocycles. The fourth-order valence-electron chi connectivity index (χ4n) is 4.35. The summed E-state index contributed by atoms with van der Waals surface area (Å²) in [5.74, 6) is 2.89. The molecule has 2 aliphatic rings. The van der Waals surface area contributed by atoms with Crippen LogP contribution in [0.5, 0.6) is 0 Å². The maximum atomic E-state index is 6.51. The molecule has 0 aliphatic heterocycles. The standard InChI is InChI=1S/C22H22Cl2N2/c1-2-20-25-21-17(16-11-10-15(23)12-18(16)24)4-3-5-19(21)26(20)22(13-6-7-13)14-8-9-14/h3-5,10-14,22H,2,6-9H2,1H3. The molecule has 0 amide bonds. The molecule has 2 fully saturated rings. The van der Waals surface area contributed by atoms with Crippen LogP contribution in [0.15, 0.2) is 36.4 Å². The van der Waals surface area contributed by atoms with Gasteiger partial charge in [-0.2, -0.15) is 0 Å². The van der Waals surface area contributed by atoms with Crippen LogP contribution in [0.2, 0.25) is 10.0 Å². The summed E-state index contributed by atoms with van der Waals surface area (Å²) in [5.41, 5.74) is 4.43. The minimum Gasteiger partial charge on any atom is -0.324 e. The molecule has 0 N–H and O–H groups in total. The number of hydrogen-bond donors (Lipinski definition) is 0. The minimum atomic E-state index is 0.630. The molecule has 2 aliphatic carbocycles. The molecule has 3 aromatic rings. The molecule has 0 spiro atoms. The normalized spacial score (nSPS) is 17.4. The molecule has 2 nitrogen and oxygen atoms in total. The second kappa shape index (κ2) is 6.28. The van der Waals surface area contributed by atoms with E-state index >= 15 is 0 Å². The van der Waals surface area contributed by atoms with Crippen LogP contribution in [0, 0.1) is 11.8 Å². The van der Waals surface area contributed by atoms with Gasteiger partial charge < -0.3 is 4.57 Å². The molecule has 0 radical (unpaired) electrons. The van der Waals surface area contributed by atoms with E-state index in [-0.39, 0.29) is 0 Å². The van der Waals surface area contributed by atoms with Gasteiger partial charge in [-0.1, -0.05) is 48.3 Å². The highest BCUT2D eigenvalue weighted by Gasteiger charge is 2.43. The van der Waals surface area contributed by atoms with E-state index in [9.17, 15) is 0 Å². The number of rotatable bonds is 5. The maximum Gasteiger partial charge on any atom is 0.109 e.